The molecule has 1 aromatic rings. The van der Waals surface area contributed by atoms with Gasteiger partial charge in [0.2, 0.25) is 5.91 Å². The average Bonchev–Trinajstić information content (AvgIpc) is 2.94. The first kappa shape index (κ1) is 21.8. The first-order valence-electron chi connectivity index (χ1n) is 8.63. The molecule has 7 heteroatoms. The monoisotopic (exact) mass is 389 g/mol. The van der Waals surface area contributed by atoms with Crippen LogP contribution in [0.5, 0.6) is 0 Å². The van der Waals surface area contributed by atoms with Crippen molar-refractivity contribution < 1.29 is 9.59 Å². The Bertz CT molecular complexity index is 572. The molecule has 1 aromatic heterocycles. The quantitative estimate of drug-likeness (QED) is 0.607. The van der Waals surface area contributed by atoms with Crippen LogP contribution in [0.1, 0.15) is 39.8 Å². The van der Waals surface area contributed by atoms with Crippen LogP contribution in [0.25, 0.3) is 0 Å². The summed E-state index contributed by atoms with van der Waals surface area (Å²) < 4.78 is 1.99. The number of amides is 2. The highest BCUT2D eigenvalue weighted by Crippen LogP contribution is 2.15. The van der Waals surface area contributed by atoms with Crippen LogP contribution in [0.4, 0.5) is 0 Å². The maximum atomic E-state index is 12.9. The number of hydrogen-bond donors (Lipinski definition) is 0. The average molecular weight is 390 g/mol. The van der Waals surface area contributed by atoms with E-state index in [-0.39, 0.29) is 18.5 Å². The predicted molar refractivity (Wildman–Crippen MR) is 103 cm³/mol. The Morgan fingerprint density at radius 2 is 1.88 bits per heavy atom. The molecule has 1 unspecified atom stereocenters. The van der Waals surface area contributed by atoms with E-state index in [9.17, 15) is 9.59 Å². The number of carbonyl (C=O) groups excluding carboxylic acids is 2. The number of nitrogens with zero attached hydrogens (tertiary/aromatic N) is 3. The van der Waals surface area contributed by atoms with Gasteiger partial charge in [-0.05, 0) is 31.4 Å². The first-order valence-corrected chi connectivity index (χ1v) is 9.51. The van der Waals surface area contributed by atoms with Crippen molar-refractivity contribution in [3.63, 3.8) is 0 Å². The molecule has 142 valence electrons. The molecule has 25 heavy (non-hydrogen) atoms. The standard InChI is InChI=1S/C18H29Cl2N3O2/c1-6-14(4)23(18(25)17(19)20)12-16(24)22(10-13(2)3)11-15-8-7-9-21(15)5/h7-9,13-14,17H,6,10-12H2,1-5H3. The normalized spacial score (nSPS) is 12.5. The lowest BCUT2D eigenvalue weighted by molar-refractivity contribution is -0.142. The third kappa shape index (κ3) is 6.55. The minimum Gasteiger partial charge on any atom is -0.353 e. The summed E-state index contributed by atoms with van der Waals surface area (Å²) >= 11 is 11.5. The van der Waals surface area contributed by atoms with Crippen molar-refractivity contribution in [2.45, 2.75) is 51.5 Å². The molecule has 0 saturated carbocycles. The van der Waals surface area contributed by atoms with Crippen molar-refractivity contribution >= 4 is 35.0 Å². The largest absolute Gasteiger partial charge is 0.353 e. The van der Waals surface area contributed by atoms with E-state index in [1.165, 1.54) is 4.90 Å². The Morgan fingerprint density at radius 3 is 2.32 bits per heavy atom. The number of carbonyl (C=O) groups is 2. The molecular weight excluding hydrogens is 361 g/mol. The summed E-state index contributed by atoms with van der Waals surface area (Å²) in [6.07, 6.45) is 2.68. The maximum absolute atomic E-state index is 12.9. The van der Waals surface area contributed by atoms with E-state index in [0.29, 0.717) is 19.0 Å². The molecule has 1 rings (SSSR count). The number of aromatic nitrogens is 1. The van der Waals surface area contributed by atoms with Crippen molar-refractivity contribution in [1.29, 1.82) is 0 Å². The summed E-state index contributed by atoms with van der Waals surface area (Å²) in [6, 6.07) is 3.84. The summed E-state index contributed by atoms with van der Waals surface area (Å²) in [6.45, 7) is 9.10. The van der Waals surface area contributed by atoms with Gasteiger partial charge in [0.25, 0.3) is 5.91 Å². The number of rotatable bonds is 9. The maximum Gasteiger partial charge on any atom is 0.256 e. The molecule has 0 aliphatic rings. The molecular formula is C18H29Cl2N3O2. The van der Waals surface area contributed by atoms with E-state index in [2.05, 4.69) is 13.8 Å². The highest BCUT2D eigenvalue weighted by atomic mass is 35.5. The lowest BCUT2D eigenvalue weighted by Crippen LogP contribution is -2.48. The minimum atomic E-state index is -1.16. The SMILES string of the molecule is CCC(C)N(CC(=O)N(Cc1cccn1C)CC(C)C)C(=O)C(Cl)Cl. The van der Waals surface area contributed by atoms with Gasteiger partial charge in [-0.25, -0.2) is 0 Å². The fourth-order valence-corrected chi connectivity index (χ4v) is 2.84. The van der Waals surface area contributed by atoms with Crippen LogP contribution in [0.2, 0.25) is 0 Å². The van der Waals surface area contributed by atoms with E-state index in [0.717, 1.165) is 12.1 Å². The van der Waals surface area contributed by atoms with Gasteiger partial charge in [-0.3, -0.25) is 9.59 Å². The van der Waals surface area contributed by atoms with Gasteiger partial charge in [0.05, 0.1) is 6.54 Å². The molecule has 0 radical (unpaired) electrons. The first-order chi connectivity index (χ1) is 11.7. The van der Waals surface area contributed by atoms with Gasteiger partial charge in [0, 0.05) is 31.5 Å². The number of aryl methyl sites for hydroxylation is 1. The molecule has 1 heterocycles. The second kappa shape index (κ2) is 10.1. The van der Waals surface area contributed by atoms with E-state index in [1.54, 1.807) is 4.90 Å². The molecule has 0 fully saturated rings. The second-order valence-electron chi connectivity index (χ2n) is 6.80. The van der Waals surface area contributed by atoms with Crippen LogP contribution in [0.15, 0.2) is 18.3 Å². The van der Waals surface area contributed by atoms with Crippen molar-refractivity contribution in [3.05, 3.63) is 24.0 Å². The van der Waals surface area contributed by atoms with Crippen molar-refractivity contribution in [3.8, 4) is 0 Å². The van der Waals surface area contributed by atoms with Gasteiger partial charge >= 0.3 is 0 Å². The third-order valence-electron chi connectivity index (χ3n) is 4.24. The Balaban J connectivity index is 2.94. The Hall–Kier alpha value is -1.20. The molecule has 0 aliphatic heterocycles. The van der Waals surface area contributed by atoms with Crippen molar-refractivity contribution in [2.24, 2.45) is 13.0 Å². The van der Waals surface area contributed by atoms with E-state index >= 15 is 0 Å². The third-order valence-corrected chi connectivity index (χ3v) is 4.61. The van der Waals surface area contributed by atoms with Gasteiger partial charge in [0.1, 0.15) is 6.54 Å². The summed E-state index contributed by atoms with van der Waals surface area (Å²) in [4.78, 5) is 27.3. The smallest absolute Gasteiger partial charge is 0.256 e. The highest BCUT2D eigenvalue weighted by molar-refractivity contribution is 6.53. The predicted octanol–water partition coefficient (Wildman–Crippen LogP) is 3.44. The van der Waals surface area contributed by atoms with Crippen molar-refractivity contribution in [2.75, 3.05) is 13.1 Å². The summed E-state index contributed by atoms with van der Waals surface area (Å²) in [5.41, 5.74) is 1.04. The molecule has 0 saturated heterocycles. The lowest BCUT2D eigenvalue weighted by Gasteiger charge is -2.32. The molecule has 0 N–H and O–H groups in total. The zero-order chi connectivity index (χ0) is 19.1. The molecule has 0 spiro atoms. The fraction of sp³-hybridized carbons (Fsp3) is 0.667. The molecule has 2 amide bonds. The second-order valence-corrected chi connectivity index (χ2v) is 7.90. The van der Waals surface area contributed by atoms with Gasteiger partial charge in [-0.15, -0.1) is 0 Å². The van der Waals surface area contributed by atoms with Crippen LogP contribution >= 0.6 is 23.2 Å². The van der Waals surface area contributed by atoms with Crippen LogP contribution in [-0.4, -0.2) is 50.1 Å². The Labute approximate surface area is 160 Å². The number of halogens is 2. The fourth-order valence-electron chi connectivity index (χ4n) is 2.59. The van der Waals surface area contributed by atoms with E-state index in [4.69, 9.17) is 23.2 Å². The molecule has 0 aliphatic carbocycles. The topological polar surface area (TPSA) is 45.6 Å². The van der Waals surface area contributed by atoms with Crippen LogP contribution in [0.3, 0.4) is 0 Å². The highest BCUT2D eigenvalue weighted by Gasteiger charge is 2.28. The zero-order valence-corrected chi connectivity index (χ0v) is 17.2. The van der Waals surface area contributed by atoms with Crippen molar-refractivity contribution in [1.82, 2.24) is 14.4 Å². The molecule has 1 atom stereocenters. The van der Waals surface area contributed by atoms with Gasteiger partial charge in [-0.1, -0.05) is 44.0 Å². The van der Waals surface area contributed by atoms with Gasteiger partial charge < -0.3 is 14.4 Å². The number of hydrogen-bond acceptors (Lipinski definition) is 2. The zero-order valence-electron chi connectivity index (χ0n) is 15.7. The summed E-state index contributed by atoms with van der Waals surface area (Å²) in [5, 5.41) is 0. The van der Waals surface area contributed by atoms with Gasteiger partial charge in [0.15, 0.2) is 4.84 Å². The van der Waals surface area contributed by atoms with E-state index in [1.807, 2.05) is 43.8 Å². The van der Waals surface area contributed by atoms with Gasteiger partial charge in [-0.2, -0.15) is 0 Å². The Morgan fingerprint density at radius 1 is 1.24 bits per heavy atom. The summed E-state index contributed by atoms with van der Waals surface area (Å²) in [5.74, 6) is -0.197. The molecule has 0 aromatic carbocycles. The lowest BCUT2D eigenvalue weighted by atomic mass is 10.2. The minimum absolute atomic E-state index is 0.0130. The molecule has 5 nitrogen and oxygen atoms in total. The number of alkyl halides is 2. The van der Waals surface area contributed by atoms with Crippen LogP contribution < -0.4 is 0 Å². The molecule has 0 bridgehead atoms. The van der Waals surface area contributed by atoms with Crippen LogP contribution in [0, 0.1) is 5.92 Å². The summed E-state index contributed by atoms with van der Waals surface area (Å²) in [7, 11) is 1.95. The van der Waals surface area contributed by atoms with Crippen LogP contribution in [-0.2, 0) is 23.2 Å². The van der Waals surface area contributed by atoms with E-state index < -0.39 is 10.7 Å². The Kier molecular flexibility index (Phi) is 8.80.